The lowest BCUT2D eigenvalue weighted by atomic mass is 10.0. The third-order valence-corrected chi connectivity index (χ3v) is 3.39. The van der Waals surface area contributed by atoms with E-state index in [1.54, 1.807) is 45.0 Å². The molecule has 1 aromatic rings. The molecule has 1 rings (SSSR count). The van der Waals surface area contributed by atoms with E-state index in [2.05, 4.69) is 26.0 Å². The molecule has 1 aromatic carbocycles. The molecule has 0 fully saturated rings. The minimum Gasteiger partial charge on any atom is -0.467 e. The molecular weight excluding hydrogens is 354 g/mol. The first-order chi connectivity index (χ1) is 10.2. The fourth-order valence-corrected chi connectivity index (χ4v) is 2.24. The van der Waals surface area contributed by atoms with E-state index in [1.165, 1.54) is 7.11 Å². The number of hydrogen-bond acceptors (Lipinski definition) is 5. The summed E-state index contributed by atoms with van der Waals surface area (Å²) in [6.07, 6.45) is -2.09. The Balaban J connectivity index is 2.96. The van der Waals surface area contributed by atoms with Crippen molar-refractivity contribution >= 4 is 28.0 Å². The Kier molecular flexibility index (Phi) is 6.37. The Morgan fingerprint density at radius 1 is 1.27 bits per heavy atom. The highest BCUT2D eigenvalue weighted by Crippen LogP contribution is 2.26. The van der Waals surface area contributed by atoms with Crippen LogP contribution < -0.4 is 5.32 Å². The van der Waals surface area contributed by atoms with Crippen molar-refractivity contribution in [1.29, 1.82) is 0 Å². The summed E-state index contributed by atoms with van der Waals surface area (Å²) in [5.41, 5.74) is -0.266. The van der Waals surface area contributed by atoms with Crippen molar-refractivity contribution < 1.29 is 24.2 Å². The monoisotopic (exact) mass is 373 g/mol. The molecule has 0 unspecified atom stereocenters. The molecule has 6 nitrogen and oxygen atoms in total. The Labute approximate surface area is 137 Å². The highest BCUT2D eigenvalue weighted by Gasteiger charge is 2.33. The number of carbonyl (C=O) groups excluding carboxylic acids is 2. The van der Waals surface area contributed by atoms with Gasteiger partial charge in [0.05, 0.1) is 7.11 Å². The number of rotatable bonds is 4. The van der Waals surface area contributed by atoms with Crippen LogP contribution in [0.3, 0.4) is 0 Å². The van der Waals surface area contributed by atoms with Gasteiger partial charge in [-0.2, -0.15) is 0 Å². The first-order valence-corrected chi connectivity index (χ1v) is 7.45. The van der Waals surface area contributed by atoms with E-state index in [1.807, 2.05) is 0 Å². The lowest BCUT2D eigenvalue weighted by Crippen LogP contribution is -2.47. The summed E-state index contributed by atoms with van der Waals surface area (Å²) in [5, 5.41) is 12.8. The number of esters is 1. The van der Waals surface area contributed by atoms with Crippen LogP contribution in [0.4, 0.5) is 4.79 Å². The summed E-state index contributed by atoms with van der Waals surface area (Å²) < 4.78 is 10.4. The van der Waals surface area contributed by atoms with Crippen LogP contribution in [0.15, 0.2) is 28.7 Å². The van der Waals surface area contributed by atoms with Crippen LogP contribution in [0.2, 0.25) is 0 Å². The Hall–Kier alpha value is -1.60. The quantitative estimate of drug-likeness (QED) is 0.792. The van der Waals surface area contributed by atoms with Crippen LogP contribution in [-0.4, -0.2) is 35.9 Å². The molecule has 2 N–H and O–H groups in total. The SMILES string of the molecule is COC(=O)[C@@H](NC(=O)OC(C)(C)C)[C@H](O)c1ccccc1Br. The number of nitrogens with one attached hydrogen (secondary N) is 1. The highest BCUT2D eigenvalue weighted by atomic mass is 79.9. The minimum atomic E-state index is -1.28. The normalized spacial score (nSPS) is 13.9. The molecule has 0 heterocycles. The van der Waals surface area contributed by atoms with Gasteiger partial charge in [-0.05, 0) is 32.4 Å². The smallest absolute Gasteiger partial charge is 0.408 e. The van der Waals surface area contributed by atoms with E-state index in [0.717, 1.165) is 0 Å². The van der Waals surface area contributed by atoms with E-state index in [0.29, 0.717) is 10.0 Å². The molecule has 0 aliphatic carbocycles. The van der Waals surface area contributed by atoms with Crippen molar-refractivity contribution in [2.75, 3.05) is 7.11 Å². The van der Waals surface area contributed by atoms with E-state index < -0.39 is 29.8 Å². The van der Waals surface area contributed by atoms with Crippen molar-refractivity contribution in [3.63, 3.8) is 0 Å². The van der Waals surface area contributed by atoms with Gasteiger partial charge in [0.2, 0.25) is 0 Å². The van der Waals surface area contributed by atoms with Gasteiger partial charge in [0.15, 0.2) is 6.04 Å². The summed E-state index contributed by atoms with van der Waals surface area (Å²) in [4.78, 5) is 23.7. The number of methoxy groups -OCH3 is 1. The van der Waals surface area contributed by atoms with Crippen LogP contribution in [0.25, 0.3) is 0 Å². The molecule has 0 aromatic heterocycles. The molecule has 0 spiro atoms. The molecule has 0 saturated carbocycles. The van der Waals surface area contributed by atoms with Crippen LogP contribution in [0.5, 0.6) is 0 Å². The second-order valence-electron chi connectivity index (χ2n) is 5.61. The minimum absolute atomic E-state index is 0.453. The van der Waals surface area contributed by atoms with Gasteiger partial charge in [-0.1, -0.05) is 34.1 Å². The summed E-state index contributed by atoms with van der Waals surface area (Å²) in [5.74, 6) is -0.769. The Morgan fingerprint density at radius 2 is 1.86 bits per heavy atom. The standard InChI is InChI=1S/C15H20BrNO5/c1-15(2,3)22-14(20)17-11(13(19)21-4)12(18)9-7-5-6-8-10(9)16/h5-8,11-12,18H,1-4H3,(H,17,20)/t11-,12+/m0/s1. The fourth-order valence-electron chi connectivity index (χ4n) is 1.72. The maximum atomic E-state index is 11.9. The highest BCUT2D eigenvalue weighted by molar-refractivity contribution is 9.10. The van der Waals surface area contributed by atoms with Gasteiger partial charge in [0.25, 0.3) is 0 Å². The second-order valence-corrected chi connectivity index (χ2v) is 6.47. The van der Waals surface area contributed by atoms with Crippen molar-refractivity contribution in [2.45, 2.75) is 38.5 Å². The Morgan fingerprint density at radius 3 is 2.36 bits per heavy atom. The second kappa shape index (κ2) is 7.60. The van der Waals surface area contributed by atoms with Gasteiger partial charge in [0.1, 0.15) is 11.7 Å². The molecule has 1 amide bonds. The molecule has 7 heteroatoms. The summed E-state index contributed by atoms with van der Waals surface area (Å²) in [7, 11) is 1.18. The number of ether oxygens (including phenoxy) is 2. The zero-order valence-corrected chi connectivity index (χ0v) is 14.5. The lowest BCUT2D eigenvalue weighted by molar-refractivity contribution is -0.146. The summed E-state index contributed by atoms with van der Waals surface area (Å²) in [6, 6.07) is 5.57. The van der Waals surface area contributed by atoms with E-state index >= 15 is 0 Å². The van der Waals surface area contributed by atoms with Gasteiger partial charge in [-0.15, -0.1) is 0 Å². The zero-order chi connectivity index (χ0) is 16.9. The van der Waals surface area contributed by atoms with Gasteiger partial charge >= 0.3 is 12.1 Å². The summed E-state index contributed by atoms with van der Waals surface area (Å²) in [6.45, 7) is 5.10. The third-order valence-electron chi connectivity index (χ3n) is 2.67. The number of alkyl carbamates (subject to hydrolysis) is 1. The Bertz CT molecular complexity index is 541. The van der Waals surface area contributed by atoms with Gasteiger partial charge < -0.3 is 19.9 Å². The van der Waals surface area contributed by atoms with Crippen LogP contribution in [0.1, 0.15) is 32.4 Å². The number of carbonyl (C=O) groups is 2. The van der Waals surface area contributed by atoms with Crippen LogP contribution >= 0.6 is 15.9 Å². The maximum absolute atomic E-state index is 11.9. The predicted octanol–water partition coefficient (Wildman–Crippen LogP) is 2.55. The van der Waals surface area contributed by atoms with Gasteiger partial charge in [-0.3, -0.25) is 0 Å². The zero-order valence-electron chi connectivity index (χ0n) is 12.9. The van der Waals surface area contributed by atoms with Crippen LogP contribution in [0, 0.1) is 0 Å². The van der Waals surface area contributed by atoms with Gasteiger partial charge in [-0.25, -0.2) is 9.59 Å². The first-order valence-electron chi connectivity index (χ1n) is 6.65. The number of aliphatic hydroxyl groups excluding tert-OH is 1. The largest absolute Gasteiger partial charge is 0.467 e. The van der Waals surface area contributed by atoms with Crippen molar-refractivity contribution in [3.8, 4) is 0 Å². The van der Waals surface area contributed by atoms with E-state index in [-0.39, 0.29) is 0 Å². The molecule has 0 bridgehead atoms. The lowest BCUT2D eigenvalue weighted by Gasteiger charge is -2.25. The number of benzene rings is 1. The first kappa shape index (κ1) is 18.4. The average molecular weight is 374 g/mol. The van der Waals surface area contributed by atoms with Crippen LogP contribution in [-0.2, 0) is 14.3 Å². The molecular formula is C15H20BrNO5. The summed E-state index contributed by atoms with van der Waals surface area (Å²) >= 11 is 3.30. The van der Waals surface area contributed by atoms with Crippen molar-refractivity contribution in [3.05, 3.63) is 34.3 Å². The molecule has 2 atom stereocenters. The van der Waals surface area contributed by atoms with E-state index in [9.17, 15) is 14.7 Å². The number of aliphatic hydroxyl groups is 1. The molecule has 0 saturated heterocycles. The molecule has 0 aliphatic rings. The third kappa shape index (κ3) is 5.31. The molecule has 0 aliphatic heterocycles. The van der Waals surface area contributed by atoms with Gasteiger partial charge in [0, 0.05) is 4.47 Å². The topological polar surface area (TPSA) is 84.9 Å². The molecule has 0 radical (unpaired) electrons. The molecule has 22 heavy (non-hydrogen) atoms. The number of hydrogen-bond donors (Lipinski definition) is 2. The molecule has 122 valence electrons. The fraction of sp³-hybridized carbons (Fsp3) is 0.467. The van der Waals surface area contributed by atoms with Crippen molar-refractivity contribution in [2.24, 2.45) is 0 Å². The number of halogens is 1. The average Bonchev–Trinajstić information content (AvgIpc) is 2.42. The maximum Gasteiger partial charge on any atom is 0.408 e. The predicted molar refractivity (Wildman–Crippen MR) is 84.3 cm³/mol. The van der Waals surface area contributed by atoms with E-state index in [4.69, 9.17) is 4.74 Å². The van der Waals surface area contributed by atoms with Crippen molar-refractivity contribution in [1.82, 2.24) is 5.32 Å². The number of amides is 1.